The summed E-state index contributed by atoms with van der Waals surface area (Å²) in [6.07, 6.45) is 3.75. The molecule has 2 aromatic rings. The van der Waals surface area contributed by atoms with Gasteiger partial charge in [-0.1, -0.05) is 17.7 Å². The van der Waals surface area contributed by atoms with E-state index in [0.717, 1.165) is 11.6 Å². The Kier molecular flexibility index (Phi) is 3.08. The summed E-state index contributed by atoms with van der Waals surface area (Å²) in [4.78, 5) is 3.64. The molecule has 1 aromatic carbocycles. The van der Waals surface area contributed by atoms with E-state index in [4.69, 9.17) is 11.6 Å². The summed E-state index contributed by atoms with van der Waals surface area (Å²) in [6.45, 7) is 3.15. The molecule has 0 saturated carbocycles. The Bertz CT molecular complexity index is 586. The first-order valence-electron chi connectivity index (χ1n) is 6.66. The number of aromatic nitrogens is 1. The lowest BCUT2D eigenvalue weighted by Gasteiger charge is -2.22. The number of halogens is 1. The number of rotatable bonds is 2. The maximum Gasteiger partial charge on any atom is 0.0503 e. The van der Waals surface area contributed by atoms with Crippen LogP contribution in [0, 0.1) is 6.92 Å². The van der Waals surface area contributed by atoms with Crippen molar-refractivity contribution < 1.29 is 0 Å². The van der Waals surface area contributed by atoms with Crippen molar-refractivity contribution in [3.63, 3.8) is 0 Å². The Morgan fingerprint density at radius 1 is 1.44 bits per heavy atom. The molecule has 96 valence electrons. The van der Waals surface area contributed by atoms with Crippen LogP contribution in [0.2, 0.25) is 5.02 Å². The molecule has 1 atom stereocenters. The van der Waals surface area contributed by atoms with Crippen LogP contribution >= 0.6 is 11.6 Å². The maximum atomic E-state index is 6.22. The minimum Gasteiger partial charge on any atom is -0.358 e. The Morgan fingerprint density at radius 2 is 2.28 bits per heavy atom. The van der Waals surface area contributed by atoms with Gasteiger partial charge in [-0.05, 0) is 50.4 Å². The zero-order valence-corrected chi connectivity index (χ0v) is 11.7. The largest absolute Gasteiger partial charge is 0.358 e. The van der Waals surface area contributed by atoms with E-state index in [1.165, 1.54) is 47.0 Å². The summed E-state index contributed by atoms with van der Waals surface area (Å²) in [5, 5.41) is 5.52. The van der Waals surface area contributed by atoms with Crippen LogP contribution in [0.25, 0.3) is 10.9 Å². The number of aromatic amines is 1. The molecule has 1 aromatic heterocycles. The average Bonchev–Trinajstić information content (AvgIpc) is 2.75. The minimum atomic E-state index is 0.615. The average molecular weight is 263 g/mol. The van der Waals surface area contributed by atoms with Crippen LogP contribution in [0.1, 0.15) is 35.6 Å². The molecule has 0 spiro atoms. The van der Waals surface area contributed by atoms with E-state index in [1.807, 2.05) is 13.1 Å². The number of likely N-dealkylation sites (N-methyl/N-ethyl adjacent to an activating group) is 1. The molecule has 0 aliphatic heterocycles. The standard InChI is InChI=1S/C15H19ClN2/c1-9-13(16)7-6-12-11-5-3-4-10(8-17-2)15(11)18-14(9)12/h6-7,10,17-18H,3-5,8H2,1-2H3. The van der Waals surface area contributed by atoms with E-state index in [2.05, 4.69) is 23.3 Å². The fourth-order valence-electron chi connectivity index (χ4n) is 3.19. The van der Waals surface area contributed by atoms with Crippen molar-refractivity contribution in [3.8, 4) is 0 Å². The number of hydrogen-bond donors (Lipinski definition) is 2. The Balaban J connectivity index is 2.20. The van der Waals surface area contributed by atoms with Crippen molar-refractivity contribution >= 4 is 22.5 Å². The highest BCUT2D eigenvalue weighted by atomic mass is 35.5. The van der Waals surface area contributed by atoms with Gasteiger partial charge >= 0.3 is 0 Å². The van der Waals surface area contributed by atoms with Gasteiger partial charge in [0.05, 0.1) is 5.52 Å². The Labute approximate surface area is 113 Å². The van der Waals surface area contributed by atoms with Crippen LogP contribution in [-0.4, -0.2) is 18.6 Å². The van der Waals surface area contributed by atoms with Crippen molar-refractivity contribution in [2.45, 2.75) is 32.1 Å². The summed E-state index contributed by atoms with van der Waals surface area (Å²) in [5.41, 5.74) is 5.34. The summed E-state index contributed by atoms with van der Waals surface area (Å²) in [6, 6.07) is 4.19. The predicted octanol–water partition coefficient (Wildman–Crippen LogP) is 3.77. The third kappa shape index (κ3) is 1.75. The fourth-order valence-corrected chi connectivity index (χ4v) is 3.35. The van der Waals surface area contributed by atoms with Gasteiger partial charge in [0.25, 0.3) is 0 Å². The minimum absolute atomic E-state index is 0.615. The second-order valence-corrected chi connectivity index (χ2v) is 5.67. The quantitative estimate of drug-likeness (QED) is 0.847. The number of fused-ring (bicyclic) bond motifs is 3. The van der Waals surface area contributed by atoms with Crippen molar-refractivity contribution in [2.24, 2.45) is 0 Å². The molecule has 0 fully saturated rings. The van der Waals surface area contributed by atoms with Gasteiger partial charge in [-0.25, -0.2) is 0 Å². The third-order valence-corrected chi connectivity index (χ3v) is 4.56. The molecule has 2 nitrogen and oxygen atoms in total. The zero-order chi connectivity index (χ0) is 12.7. The van der Waals surface area contributed by atoms with Gasteiger partial charge in [-0.15, -0.1) is 0 Å². The van der Waals surface area contributed by atoms with Crippen molar-refractivity contribution in [3.05, 3.63) is 34.0 Å². The highest BCUT2D eigenvalue weighted by molar-refractivity contribution is 6.32. The van der Waals surface area contributed by atoms with Crippen molar-refractivity contribution in [2.75, 3.05) is 13.6 Å². The number of hydrogen-bond acceptors (Lipinski definition) is 1. The van der Waals surface area contributed by atoms with Crippen LogP contribution in [0.4, 0.5) is 0 Å². The number of H-pyrrole nitrogens is 1. The van der Waals surface area contributed by atoms with Gasteiger partial charge in [-0.2, -0.15) is 0 Å². The summed E-state index contributed by atoms with van der Waals surface area (Å²) < 4.78 is 0. The van der Waals surface area contributed by atoms with E-state index in [9.17, 15) is 0 Å². The van der Waals surface area contributed by atoms with E-state index in [1.54, 1.807) is 0 Å². The van der Waals surface area contributed by atoms with E-state index < -0.39 is 0 Å². The second-order valence-electron chi connectivity index (χ2n) is 5.26. The van der Waals surface area contributed by atoms with Gasteiger partial charge in [0, 0.05) is 28.6 Å². The molecule has 3 rings (SSSR count). The molecule has 1 aliphatic rings. The Morgan fingerprint density at radius 3 is 3.06 bits per heavy atom. The highest BCUT2D eigenvalue weighted by Gasteiger charge is 2.24. The molecular weight excluding hydrogens is 244 g/mol. The fraction of sp³-hybridized carbons (Fsp3) is 0.467. The van der Waals surface area contributed by atoms with Crippen molar-refractivity contribution in [1.82, 2.24) is 10.3 Å². The monoisotopic (exact) mass is 262 g/mol. The lowest BCUT2D eigenvalue weighted by atomic mass is 9.86. The maximum absolute atomic E-state index is 6.22. The highest BCUT2D eigenvalue weighted by Crippen LogP contribution is 2.37. The molecule has 0 amide bonds. The predicted molar refractivity (Wildman–Crippen MR) is 77.7 cm³/mol. The number of aryl methyl sites for hydroxylation is 2. The van der Waals surface area contributed by atoms with E-state index in [-0.39, 0.29) is 0 Å². The second kappa shape index (κ2) is 4.60. The topological polar surface area (TPSA) is 27.8 Å². The molecule has 2 N–H and O–H groups in total. The van der Waals surface area contributed by atoms with Gasteiger partial charge in [0.1, 0.15) is 0 Å². The van der Waals surface area contributed by atoms with E-state index >= 15 is 0 Å². The lowest BCUT2D eigenvalue weighted by molar-refractivity contribution is 0.522. The van der Waals surface area contributed by atoms with Crippen LogP contribution in [0.3, 0.4) is 0 Å². The van der Waals surface area contributed by atoms with Crippen molar-refractivity contribution in [1.29, 1.82) is 0 Å². The first-order chi connectivity index (χ1) is 8.72. The molecule has 3 heteroatoms. The molecule has 1 aliphatic carbocycles. The first-order valence-corrected chi connectivity index (χ1v) is 7.04. The smallest absolute Gasteiger partial charge is 0.0503 e. The van der Waals surface area contributed by atoms with Crippen LogP contribution in [0.5, 0.6) is 0 Å². The lowest BCUT2D eigenvalue weighted by Crippen LogP contribution is -2.21. The molecule has 0 bridgehead atoms. The van der Waals surface area contributed by atoms with E-state index in [0.29, 0.717) is 5.92 Å². The van der Waals surface area contributed by atoms with Crippen LogP contribution in [0.15, 0.2) is 12.1 Å². The summed E-state index contributed by atoms with van der Waals surface area (Å²) in [7, 11) is 2.03. The van der Waals surface area contributed by atoms with Gasteiger partial charge in [0.15, 0.2) is 0 Å². The molecule has 1 unspecified atom stereocenters. The van der Waals surface area contributed by atoms with Gasteiger partial charge in [-0.3, -0.25) is 0 Å². The third-order valence-electron chi connectivity index (χ3n) is 4.15. The van der Waals surface area contributed by atoms with Gasteiger partial charge in [0.2, 0.25) is 0 Å². The number of nitrogens with one attached hydrogen (secondary N) is 2. The molecule has 0 radical (unpaired) electrons. The summed E-state index contributed by atoms with van der Waals surface area (Å²) in [5.74, 6) is 0.615. The first kappa shape index (κ1) is 12.1. The Hall–Kier alpha value is -0.990. The molecule has 0 saturated heterocycles. The number of benzene rings is 1. The summed E-state index contributed by atoms with van der Waals surface area (Å²) >= 11 is 6.22. The zero-order valence-electron chi connectivity index (χ0n) is 10.9. The molecule has 18 heavy (non-hydrogen) atoms. The molecule has 1 heterocycles. The van der Waals surface area contributed by atoms with Crippen LogP contribution in [-0.2, 0) is 6.42 Å². The normalized spacial score (nSPS) is 19.2. The molecular formula is C15H19ClN2. The SMILES string of the molecule is CNCC1CCCc2c1[nH]c1c(C)c(Cl)ccc21. The van der Waals surface area contributed by atoms with Gasteiger partial charge < -0.3 is 10.3 Å². The van der Waals surface area contributed by atoms with Crippen LogP contribution < -0.4 is 5.32 Å².